The van der Waals surface area contributed by atoms with Gasteiger partial charge >= 0.3 is 0 Å². The molecule has 0 aliphatic carbocycles. The standard InChI is InChI=1S/C15H21FN2O2/c1-18-5-2-3-11-7-12(16)8-14(15(11)18)20-10-13-9-17-4-6-19-13/h7-8,13,17H,2-6,9-10H2,1H3/t13-/m0/s1. The molecule has 0 aromatic heterocycles. The highest BCUT2D eigenvalue weighted by molar-refractivity contribution is 5.65. The number of hydrogen-bond donors (Lipinski definition) is 1. The molecule has 1 N–H and O–H groups in total. The number of rotatable bonds is 3. The van der Waals surface area contributed by atoms with Gasteiger partial charge in [-0.1, -0.05) is 0 Å². The van der Waals surface area contributed by atoms with E-state index in [0.717, 1.165) is 43.7 Å². The van der Waals surface area contributed by atoms with Crippen LogP contribution in [0.2, 0.25) is 0 Å². The Morgan fingerprint density at radius 3 is 3.20 bits per heavy atom. The van der Waals surface area contributed by atoms with Gasteiger partial charge in [0.05, 0.1) is 12.3 Å². The summed E-state index contributed by atoms with van der Waals surface area (Å²) in [5, 5.41) is 3.26. The van der Waals surface area contributed by atoms with Crippen molar-refractivity contribution in [2.45, 2.75) is 18.9 Å². The van der Waals surface area contributed by atoms with Gasteiger partial charge in [0.1, 0.15) is 24.3 Å². The number of nitrogens with zero attached hydrogens (tertiary/aromatic N) is 1. The van der Waals surface area contributed by atoms with Crippen molar-refractivity contribution in [2.24, 2.45) is 0 Å². The van der Waals surface area contributed by atoms with Crippen molar-refractivity contribution in [1.29, 1.82) is 0 Å². The van der Waals surface area contributed by atoms with Crippen LogP contribution in [-0.4, -0.2) is 46.0 Å². The van der Waals surface area contributed by atoms with E-state index in [1.165, 1.54) is 6.07 Å². The molecule has 0 saturated carbocycles. The van der Waals surface area contributed by atoms with Crippen LogP contribution >= 0.6 is 0 Å². The predicted octanol–water partition coefficient (Wildman–Crippen LogP) is 1.58. The van der Waals surface area contributed by atoms with Crippen LogP contribution in [0.4, 0.5) is 10.1 Å². The zero-order valence-electron chi connectivity index (χ0n) is 11.8. The van der Waals surface area contributed by atoms with E-state index >= 15 is 0 Å². The Labute approximate surface area is 118 Å². The van der Waals surface area contributed by atoms with Gasteiger partial charge in [0.2, 0.25) is 0 Å². The summed E-state index contributed by atoms with van der Waals surface area (Å²) in [4.78, 5) is 2.15. The van der Waals surface area contributed by atoms with Crippen molar-refractivity contribution in [3.8, 4) is 5.75 Å². The minimum Gasteiger partial charge on any atom is -0.489 e. The molecule has 1 aromatic rings. The molecule has 1 fully saturated rings. The second kappa shape index (κ2) is 5.97. The van der Waals surface area contributed by atoms with Crippen molar-refractivity contribution in [1.82, 2.24) is 5.32 Å². The van der Waals surface area contributed by atoms with Crippen molar-refractivity contribution < 1.29 is 13.9 Å². The molecule has 1 atom stereocenters. The topological polar surface area (TPSA) is 33.7 Å². The van der Waals surface area contributed by atoms with Crippen molar-refractivity contribution >= 4 is 5.69 Å². The molecular weight excluding hydrogens is 259 g/mol. The summed E-state index contributed by atoms with van der Waals surface area (Å²) in [5.74, 6) is 0.410. The van der Waals surface area contributed by atoms with Gasteiger partial charge in [-0.2, -0.15) is 0 Å². The van der Waals surface area contributed by atoms with Crippen LogP contribution in [0.1, 0.15) is 12.0 Å². The van der Waals surface area contributed by atoms with E-state index in [-0.39, 0.29) is 11.9 Å². The Hall–Kier alpha value is -1.33. The lowest BCUT2D eigenvalue weighted by Crippen LogP contribution is -2.41. The normalized spacial score (nSPS) is 22.5. The van der Waals surface area contributed by atoms with Crippen LogP contribution in [0.5, 0.6) is 5.75 Å². The van der Waals surface area contributed by atoms with Crippen LogP contribution in [-0.2, 0) is 11.2 Å². The lowest BCUT2D eigenvalue weighted by atomic mass is 10.0. The van der Waals surface area contributed by atoms with Crippen LogP contribution in [0.15, 0.2) is 12.1 Å². The summed E-state index contributed by atoms with van der Waals surface area (Å²) in [6.45, 7) is 3.81. The molecule has 0 radical (unpaired) electrons. The van der Waals surface area contributed by atoms with Crippen molar-refractivity contribution in [3.63, 3.8) is 0 Å². The molecule has 2 heterocycles. The monoisotopic (exact) mass is 280 g/mol. The minimum atomic E-state index is -0.225. The van der Waals surface area contributed by atoms with Gasteiger partial charge in [0.15, 0.2) is 0 Å². The van der Waals surface area contributed by atoms with Gasteiger partial charge in [0, 0.05) is 32.7 Å². The highest BCUT2D eigenvalue weighted by Gasteiger charge is 2.21. The van der Waals surface area contributed by atoms with Crippen molar-refractivity contribution in [3.05, 3.63) is 23.5 Å². The first-order chi connectivity index (χ1) is 9.74. The Morgan fingerprint density at radius 1 is 1.50 bits per heavy atom. The fourth-order valence-corrected chi connectivity index (χ4v) is 2.89. The largest absolute Gasteiger partial charge is 0.489 e. The smallest absolute Gasteiger partial charge is 0.145 e. The Kier molecular flexibility index (Phi) is 4.08. The third-order valence-electron chi connectivity index (χ3n) is 3.87. The number of aryl methyl sites for hydroxylation is 1. The summed E-state index contributed by atoms with van der Waals surface area (Å²) >= 11 is 0. The average Bonchev–Trinajstić information content (AvgIpc) is 2.45. The highest BCUT2D eigenvalue weighted by Crippen LogP contribution is 2.36. The average molecular weight is 280 g/mol. The van der Waals surface area contributed by atoms with E-state index in [0.29, 0.717) is 19.0 Å². The predicted molar refractivity (Wildman–Crippen MR) is 76.1 cm³/mol. The molecule has 3 rings (SSSR count). The number of nitrogens with one attached hydrogen (secondary N) is 1. The maximum atomic E-state index is 13.7. The van der Waals surface area contributed by atoms with Crippen molar-refractivity contribution in [2.75, 3.05) is 44.8 Å². The second-order valence-corrected chi connectivity index (χ2v) is 5.44. The van der Waals surface area contributed by atoms with Gasteiger partial charge in [0.25, 0.3) is 0 Å². The third-order valence-corrected chi connectivity index (χ3v) is 3.87. The Balaban J connectivity index is 1.76. The van der Waals surface area contributed by atoms with E-state index in [2.05, 4.69) is 10.2 Å². The van der Waals surface area contributed by atoms with Crippen LogP contribution in [0.3, 0.4) is 0 Å². The first-order valence-corrected chi connectivity index (χ1v) is 7.23. The first kappa shape index (κ1) is 13.6. The molecular formula is C15H21FN2O2. The zero-order valence-corrected chi connectivity index (χ0v) is 11.8. The van der Waals surface area contributed by atoms with Gasteiger partial charge in [-0.25, -0.2) is 4.39 Å². The van der Waals surface area contributed by atoms with E-state index in [9.17, 15) is 4.39 Å². The number of halogens is 1. The minimum absolute atomic E-state index is 0.0385. The Morgan fingerprint density at radius 2 is 2.40 bits per heavy atom. The van der Waals surface area contributed by atoms with Gasteiger partial charge in [-0.15, -0.1) is 0 Å². The first-order valence-electron chi connectivity index (χ1n) is 7.23. The van der Waals surface area contributed by atoms with E-state index in [4.69, 9.17) is 9.47 Å². The molecule has 2 aliphatic rings. The maximum Gasteiger partial charge on any atom is 0.145 e. The molecule has 0 bridgehead atoms. The van der Waals surface area contributed by atoms with Gasteiger partial charge in [-0.05, 0) is 24.5 Å². The molecule has 0 amide bonds. The number of morpholine rings is 1. The summed E-state index contributed by atoms with van der Waals surface area (Å²) in [5.41, 5.74) is 2.07. The number of fused-ring (bicyclic) bond motifs is 1. The summed E-state index contributed by atoms with van der Waals surface area (Å²) < 4.78 is 25.2. The Bertz CT molecular complexity index is 475. The molecule has 0 spiro atoms. The second-order valence-electron chi connectivity index (χ2n) is 5.44. The third kappa shape index (κ3) is 2.88. The quantitative estimate of drug-likeness (QED) is 0.911. The van der Waals surface area contributed by atoms with E-state index < -0.39 is 0 Å². The molecule has 2 aliphatic heterocycles. The number of ether oxygens (including phenoxy) is 2. The summed E-state index contributed by atoms with van der Waals surface area (Å²) in [7, 11) is 2.03. The molecule has 5 heteroatoms. The molecule has 4 nitrogen and oxygen atoms in total. The lowest BCUT2D eigenvalue weighted by Gasteiger charge is -2.30. The molecule has 0 unspecified atom stereocenters. The molecule has 20 heavy (non-hydrogen) atoms. The van der Waals surface area contributed by atoms with Crippen LogP contribution in [0, 0.1) is 5.82 Å². The summed E-state index contributed by atoms with van der Waals surface area (Å²) in [6.07, 6.45) is 2.01. The maximum absolute atomic E-state index is 13.7. The SMILES string of the molecule is CN1CCCc2cc(F)cc(OC[C@@H]3CNCCO3)c21. The van der Waals surface area contributed by atoms with Gasteiger partial charge < -0.3 is 19.7 Å². The van der Waals surface area contributed by atoms with Crippen LogP contribution < -0.4 is 15.0 Å². The fraction of sp³-hybridized carbons (Fsp3) is 0.600. The number of hydrogen-bond acceptors (Lipinski definition) is 4. The van der Waals surface area contributed by atoms with Gasteiger partial charge in [-0.3, -0.25) is 0 Å². The summed E-state index contributed by atoms with van der Waals surface area (Å²) in [6, 6.07) is 3.10. The van der Waals surface area contributed by atoms with Crippen LogP contribution in [0.25, 0.3) is 0 Å². The van der Waals surface area contributed by atoms with E-state index in [1.807, 2.05) is 7.05 Å². The molecule has 1 aromatic carbocycles. The molecule has 110 valence electrons. The lowest BCUT2D eigenvalue weighted by molar-refractivity contribution is 0.000215. The fourth-order valence-electron chi connectivity index (χ4n) is 2.89. The number of anilines is 1. The van der Waals surface area contributed by atoms with E-state index in [1.54, 1.807) is 6.07 Å². The highest BCUT2D eigenvalue weighted by atomic mass is 19.1. The molecule has 1 saturated heterocycles. The number of benzene rings is 1. The zero-order chi connectivity index (χ0) is 13.9.